The molecular formula is C22H23N5O3. The first-order valence-electron chi connectivity index (χ1n) is 9.85. The number of nitrogens with one attached hydrogen (secondary N) is 2. The molecule has 154 valence electrons. The molecule has 0 radical (unpaired) electrons. The lowest BCUT2D eigenvalue weighted by Crippen LogP contribution is -2.43. The number of amides is 2. The van der Waals surface area contributed by atoms with E-state index in [2.05, 4.69) is 20.5 Å². The molecule has 1 aliphatic rings. The van der Waals surface area contributed by atoms with Gasteiger partial charge < -0.3 is 15.0 Å². The van der Waals surface area contributed by atoms with Gasteiger partial charge in [-0.2, -0.15) is 5.10 Å². The molecule has 8 heteroatoms. The molecule has 4 rings (SSSR count). The summed E-state index contributed by atoms with van der Waals surface area (Å²) in [5, 5.41) is 9.93. The Balaban J connectivity index is 1.40. The molecule has 1 fully saturated rings. The summed E-state index contributed by atoms with van der Waals surface area (Å²) < 4.78 is 5.13. The van der Waals surface area contributed by atoms with Gasteiger partial charge in [0.25, 0.3) is 5.91 Å². The van der Waals surface area contributed by atoms with Gasteiger partial charge in [0.1, 0.15) is 17.1 Å². The minimum Gasteiger partial charge on any atom is -0.497 e. The molecule has 0 bridgehead atoms. The third kappa shape index (κ3) is 4.32. The highest BCUT2D eigenvalue weighted by atomic mass is 16.5. The quantitative estimate of drug-likeness (QED) is 0.680. The van der Waals surface area contributed by atoms with E-state index in [0.717, 1.165) is 18.6 Å². The molecule has 1 atom stereocenters. The number of pyridine rings is 1. The van der Waals surface area contributed by atoms with Gasteiger partial charge in [-0.15, -0.1) is 0 Å². The smallest absolute Gasteiger partial charge is 0.271 e. The Labute approximate surface area is 174 Å². The summed E-state index contributed by atoms with van der Waals surface area (Å²) in [6.45, 7) is 0.988. The highest BCUT2D eigenvalue weighted by molar-refractivity contribution is 5.95. The number of rotatable bonds is 5. The highest BCUT2D eigenvalue weighted by Crippen LogP contribution is 2.22. The maximum atomic E-state index is 12.9. The normalized spacial score (nSPS) is 16.2. The van der Waals surface area contributed by atoms with Crippen molar-refractivity contribution in [3.05, 3.63) is 60.4 Å². The molecule has 8 nitrogen and oxygen atoms in total. The van der Waals surface area contributed by atoms with Crippen LogP contribution in [0.15, 0.2) is 54.7 Å². The molecule has 30 heavy (non-hydrogen) atoms. The van der Waals surface area contributed by atoms with Crippen molar-refractivity contribution < 1.29 is 14.3 Å². The Morgan fingerprint density at radius 3 is 2.73 bits per heavy atom. The number of hydrogen-bond acceptors (Lipinski definition) is 5. The summed E-state index contributed by atoms with van der Waals surface area (Å²) in [6.07, 6.45) is 3.20. The summed E-state index contributed by atoms with van der Waals surface area (Å²) in [5.41, 5.74) is 2.41. The molecule has 0 spiro atoms. The van der Waals surface area contributed by atoms with E-state index < -0.39 is 0 Å². The summed E-state index contributed by atoms with van der Waals surface area (Å²) in [4.78, 5) is 31.6. The number of benzene rings is 1. The number of likely N-dealkylation sites (tertiary alicyclic amines) is 1. The number of carbonyl (C=O) groups is 2. The maximum Gasteiger partial charge on any atom is 0.271 e. The number of H-pyrrole nitrogens is 1. The molecule has 3 heterocycles. The van der Waals surface area contributed by atoms with Gasteiger partial charge in [-0.1, -0.05) is 6.07 Å². The molecule has 1 aliphatic heterocycles. The zero-order valence-electron chi connectivity index (χ0n) is 16.7. The fourth-order valence-corrected chi connectivity index (χ4v) is 3.54. The van der Waals surface area contributed by atoms with Crippen LogP contribution < -0.4 is 10.1 Å². The first-order valence-corrected chi connectivity index (χ1v) is 9.85. The van der Waals surface area contributed by atoms with Crippen molar-refractivity contribution in [2.24, 2.45) is 5.92 Å². The number of hydrogen-bond donors (Lipinski definition) is 2. The largest absolute Gasteiger partial charge is 0.497 e. The average Bonchev–Trinajstić information content (AvgIpc) is 3.30. The number of nitrogens with zero attached hydrogens (tertiary/aromatic N) is 3. The van der Waals surface area contributed by atoms with Crippen LogP contribution in [0.1, 0.15) is 23.3 Å². The molecule has 3 aromatic rings. The van der Waals surface area contributed by atoms with Gasteiger partial charge in [0.2, 0.25) is 5.91 Å². The second kappa shape index (κ2) is 8.77. The van der Waals surface area contributed by atoms with Crippen molar-refractivity contribution in [2.75, 3.05) is 25.5 Å². The summed E-state index contributed by atoms with van der Waals surface area (Å²) in [6, 6.07) is 14.4. The van der Waals surface area contributed by atoms with Gasteiger partial charge in [-0.05, 0) is 55.3 Å². The summed E-state index contributed by atoms with van der Waals surface area (Å²) >= 11 is 0. The van der Waals surface area contributed by atoms with Crippen LogP contribution in [0.25, 0.3) is 11.4 Å². The van der Waals surface area contributed by atoms with Gasteiger partial charge in [0.05, 0.1) is 18.7 Å². The molecule has 0 saturated carbocycles. The molecule has 2 N–H and O–H groups in total. The third-order valence-corrected chi connectivity index (χ3v) is 5.17. The fraction of sp³-hybridized carbons (Fsp3) is 0.273. The van der Waals surface area contributed by atoms with E-state index in [0.29, 0.717) is 35.9 Å². The molecule has 2 amide bonds. The van der Waals surface area contributed by atoms with Crippen LogP contribution in [-0.4, -0.2) is 52.1 Å². The van der Waals surface area contributed by atoms with Crippen LogP contribution in [0.4, 0.5) is 5.69 Å². The number of piperidine rings is 1. The lowest BCUT2D eigenvalue weighted by atomic mass is 9.96. The lowest BCUT2D eigenvalue weighted by molar-refractivity contribution is -0.121. The Morgan fingerprint density at radius 1 is 1.17 bits per heavy atom. The van der Waals surface area contributed by atoms with E-state index in [1.807, 2.05) is 18.2 Å². The zero-order valence-corrected chi connectivity index (χ0v) is 16.7. The average molecular weight is 405 g/mol. The molecule has 0 unspecified atom stereocenters. The monoisotopic (exact) mass is 405 g/mol. The predicted molar refractivity (Wildman–Crippen MR) is 112 cm³/mol. The zero-order chi connectivity index (χ0) is 20.9. The molecule has 0 aliphatic carbocycles. The van der Waals surface area contributed by atoms with Crippen molar-refractivity contribution >= 4 is 17.5 Å². The number of aromatic amines is 1. The number of aromatic nitrogens is 3. The third-order valence-electron chi connectivity index (χ3n) is 5.17. The summed E-state index contributed by atoms with van der Waals surface area (Å²) in [5.74, 6) is 0.220. The molecule has 1 aromatic carbocycles. The Bertz CT molecular complexity index is 1020. The lowest BCUT2D eigenvalue weighted by Gasteiger charge is -2.31. The van der Waals surface area contributed by atoms with Crippen molar-refractivity contribution in [1.82, 2.24) is 20.1 Å². The van der Waals surface area contributed by atoms with Crippen LogP contribution in [0.3, 0.4) is 0 Å². The topological polar surface area (TPSA) is 100 Å². The Kier molecular flexibility index (Phi) is 5.74. The van der Waals surface area contributed by atoms with Crippen LogP contribution in [0, 0.1) is 5.92 Å². The van der Waals surface area contributed by atoms with Crippen LogP contribution in [0.5, 0.6) is 5.75 Å². The SMILES string of the molecule is COc1ccc(NC(=O)[C@H]2CCCN(C(=O)c3cc(-c4ccccn4)n[nH]3)C2)cc1. The number of ether oxygens (including phenoxy) is 1. The Hall–Kier alpha value is -3.68. The van der Waals surface area contributed by atoms with Crippen LogP contribution in [-0.2, 0) is 4.79 Å². The van der Waals surface area contributed by atoms with Crippen molar-refractivity contribution in [3.63, 3.8) is 0 Å². The number of anilines is 1. The molecule has 2 aromatic heterocycles. The van der Waals surface area contributed by atoms with Crippen molar-refractivity contribution in [3.8, 4) is 17.1 Å². The number of methoxy groups -OCH3 is 1. The van der Waals surface area contributed by atoms with E-state index in [-0.39, 0.29) is 17.7 Å². The maximum absolute atomic E-state index is 12.9. The van der Waals surface area contributed by atoms with Gasteiger partial charge in [0, 0.05) is 25.0 Å². The Morgan fingerprint density at radius 2 is 2.00 bits per heavy atom. The van der Waals surface area contributed by atoms with E-state index in [9.17, 15) is 9.59 Å². The van der Waals surface area contributed by atoms with Crippen molar-refractivity contribution in [1.29, 1.82) is 0 Å². The van der Waals surface area contributed by atoms with Gasteiger partial charge in [0.15, 0.2) is 0 Å². The van der Waals surface area contributed by atoms with Gasteiger partial charge in [-0.25, -0.2) is 0 Å². The second-order valence-electron chi connectivity index (χ2n) is 7.19. The standard InChI is InChI=1S/C22H23N5O3/c1-30-17-9-7-16(8-10-17)24-21(28)15-5-4-12-27(14-15)22(29)20-13-19(25-26-20)18-6-2-3-11-23-18/h2-3,6-11,13,15H,4-5,12,14H2,1H3,(H,24,28)(H,25,26)/t15-/m0/s1. The van der Waals surface area contributed by atoms with Crippen LogP contribution >= 0.6 is 0 Å². The van der Waals surface area contributed by atoms with Gasteiger partial charge in [-0.3, -0.25) is 19.7 Å². The second-order valence-corrected chi connectivity index (χ2v) is 7.19. The fourth-order valence-electron chi connectivity index (χ4n) is 3.54. The van der Waals surface area contributed by atoms with E-state index >= 15 is 0 Å². The van der Waals surface area contributed by atoms with Crippen LogP contribution in [0.2, 0.25) is 0 Å². The summed E-state index contributed by atoms with van der Waals surface area (Å²) in [7, 11) is 1.60. The minimum atomic E-state index is -0.261. The molecule has 1 saturated heterocycles. The first-order chi connectivity index (χ1) is 14.6. The first kappa shape index (κ1) is 19.6. The van der Waals surface area contributed by atoms with Gasteiger partial charge >= 0.3 is 0 Å². The van der Waals surface area contributed by atoms with E-state index in [1.54, 1.807) is 48.5 Å². The van der Waals surface area contributed by atoms with E-state index in [1.165, 1.54) is 0 Å². The highest BCUT2D eigenvalue weighted by Gasteiger charge is 2.29. The van der Waals surface area contributed by atoms with E-state index in [4.69, 9.17) is 4.74 Å². The molecular weight excluding hydrogens is 382 g/mol. The minimum absolute atomic E-state index is 0.0866. The number of carbonyl (C=O) groups excluding carboxylic acids is 2. The van der Waals surface area contributed by atoms with Crippen molar-refractivity contribution in [2.45, 2.75) is 12.8 Å². The predicted octanol–water partition coefficient (Wildman–Crippen LogP) is 2.97.